The Bertz CT molecular complexity index is 937. The van der Waals surface area contributed by atoms with Crippen LogP contribution in [0.5, 0.6) is 0 Å². The number of nitrogens with one attached hydrogen (secondary N) is 2. The molecule has 4 amide bonds. The maximum absolute atomic E-state index is 12.8. The second kappa shape index (κ2) is 10.1. The van der Waals surface area contributed by atoms with E-state index in [-0.39, 0.29) is 30.3 Å². The van der Waals surface area contributed by atoms with Gasteiger partial charge in [-0.1, -0.05) is 30.3 Å². The van der Waals surface area contributed by atoms with Crippen LogP contribution in [0.3, 0.4) is 0 Å². The highest BCUT2D eigenvalue weighted by Crippen LogP contribution is 2.21. The molecule has 1 aliphatic heterocycles. The lowest BCUT2D eigenvalue weighted by molar-refractivity contribution is -0.138. The van der Waals surface area contributed by atoms with Crippen molar-refractivity contribution in [3.8, 4) is 0 Å². The molecule has 1 saturated heterocycles. The molecule has 7 heteroatoms. The van der Waals surface area contributed by atoms with Crippen molar-refractivity contribution < 1.29 is 14.4 Å². The van der Waals surface area contributed by atoms with E-state index in [4.69, 9.17) is 0 Å². The van der Waals surface area contributed by atoms with Crippen molar-refractivity contribution in [1.82, 2.24) is 9.80 Å². The van der Waals surface area contributed by atoms with Crippen LogP contribution in [0.4, 0.5) is 16.2 Å². The van der Waals surface area contributed by atoms with Gasteiger partial charge in [-0.25, -0.2) is 4.79 Å². The highest BCUT2D eigenvalue weighted by atomic mass is 16.2. The minimum absolute atomic E-state index is 0.000915. The van der Waals surface area contributed by atoms with Crippen LogP contribution < -0.4 is 10.6 Å². The maximum atomic E-state index is 12.8. The molecule has 0 saturated carbocycles. The van der Waals surface area contributed by atoms with Gasteiger partial charge in [0.05, 0.1) is 6.54 Å². The molecule has 0 atom stereocenters. The van der Waals surface area contributed by atoms with Gasteiger partial charge in [0, 0.05) is 37.4 Å². The van der Waals surface area contributed by atoms with Crippen LogP contribution >= 0.6 is 0 Å². The van der Waals surface area contributed by atoms with E-state index in [2.05, 4.69) is 10.6 Å². The number of para-hydroxylation sites is 1. The number of piperidine rings is 1. The number of likely N-dealkylation sites (N-methyl/N-ethyl adjacent to an activating group) is 1. The van der Waals surface area contributed by atoms with E-state index in [1.54, 1.807) is 11.9 Å². The highest BCUT2D eigenvalue weighted by Gasteiger charge is 2.29. The number of hydrogen-bond donors (Lipinski definition) is 2. The smallest absolute Gasteiger partial charge is 0.321 e. The first-order valence-corrected chi connectivity index (χ1v) is 10.6. The van der Waals surface area contributed by atoms with Gasteiger partial charge in [-0.15, -0.1) is 0 Å². The summed E-state index contributed by atoms with van der Waals surface area (Å²) in [5, 5.41) is 5.77. The second-order valence-electron chi connectivity index (χ2n) is 8.05. The quantitative estimate of drug-likeness (QED) is 0.772. The summed E-state index contributed by atoms with van der Waals surface area (Å²) in [6, 6.07) is 14.9. The average molecular weight is 423 g/mol. The van der Waals surface area contributed by atoms with Crippen molar-refractivity contribution in [2.75, 3.05) is 37.3 Å². The molecule has 0 aromatic heterocycles. The van der Waals surface area contributed by atoms with Crippen LogP contribution in [0, 0.1) is 19.8 Å². The molecule has 1 aliphatic rings. The van der Waals surface area contributed by atoms with Crippen molar-refractivity contribution in [1.29, 1.82) is 0 Å². The number of carbonyl (C=O) groups excluding carboxylic acids is 3. The SMILES string of the molecule is Cc1cccc(NC(=O)CN(C)C(=O)C2CCN(C(=O)Nc3ccccc3)CC2)c1C. The fourth-order valence-corrected chi connectivity index (χ4v) is 3.73. The monoisotopic (exact) mass is 422 g/mol. The third-order valence-corrected chi connectivity index (χ3v) is 5.79. The second-order valence-corrected chi connectivity index (χ2v) is 8.05. The van der Waals surface area contributed by atoms with Crippen molar-refractivity contribution in [2.24, 2.45) is 5.92 Å². The Kier molecular flexibility index (Phi) is 7.28. The third-order valence-electron chi connectivity index (χ3n) is 5.79. The first kappa shape index (κ1) is 22.3. The minimum Gasteiger partial charge on any atom is -0.336 e. The lowest BCUT2D eigenvalue weighted by Gasteiger charge is -2.33. The van der Waals surface area contributed by atoms with Gasteiger partial charge in [0.1, 0.15) is 0 Å². The summed E-state index contributed by atoms with van der Waals surface area (Å²) in [6.07, 6.45) is 1.17. The molecule has 2 aromatic carbocycles. The van der Waals surface area contributed by atoms with Crippen molar-refractivity contribution in [2.45, 2.75) is 26.7 Å². The van der Waals surface area contributed by atoms with Crippen LogP contribution in [0.25, 0.3) is 0 Å². The molecule has 3 rings (SSSR count). The van der Waals surface area contributed by atoms with Crippen LogP contribution in [-0.2, 0) is 9.59 Å². The molecular weight excluding hydrogens is 392 g/mol. The number of hydrogen-bond acceptors (Lipinski definition) is 3. The number of urea groups is 1. The number of carbonyl (C=O) groups is 3. The number of aryl methyl sites for hydroxylation is 1. The number of rotatable bonds is 5. The first-order chi connectivity index (χ1) is 14.8. The molecule has 0 unspecified atom stereocenters. The molecule has 0 bridgehead atoms. The van der Waals surface area contributed by atoms with Crippen molar-refractivity contribution in [3.05, 3.63) is 59.7 Å². The number of nitrogens with zero attached hydrogens (tertiary/aromatic N) is 2. The molecule has 2 N–H and O–H groups in total. The van der Waals surface area contributed by atoms with Gasteiger partial charge in [0.2, 0.25) is 11.8 Å². The van der Waals surface area contributed by atoms with E-state index < -0.39 is 0 Å². The number of likely N-dealkylation sites (tertiary alicyclic amines) is 1. The highest BCUT2D eigenvalue weighted by molar-refractivity contribution is 5.95. The summed E-state index contributed by atoms with van der Waals surface area (Å²) >= 11 is 0. The standard InChI is InChI=1S/C24H30N4O3/c1-17-8-7-11-21(18(17)2)26-22(29)16-27(3)23(30)19-12-14-28(15-13-19)24(31)25-20-9-5-4-6-10-20/h4-11,19H,12-16H2,1-3H3,(H,25,31)(H,26,29). The van der Waals surface area contributed by atoms with E-state index in [1.165, 1.54) is 4.90 Å². The fourth-order valence-electron chi connectivity index (χ4n) is 3.73. The summed E-state index contributed by atoms with van der Waals surface area (Å²) in [5.74, 6) is -0.456. The van der Waals surface area contributed by atoms with Crippen LogP contribution in [-0.4, -0.2) is 54.3 Å². The fraction of sp³-hybridized carbons (Fsp3) is 0.375. The lowest BCUT2D eigenvalue weighted by Crippen LogP contribution is -2.46. The molecular formula is C24H30N4O3. The molecule has 0 radical (unpaired) electrons. The Hall–Kier alpha value is -3.35. The van der Waals surface area contributed by atoms with Gasteiger partial charge in [0.15, 0.2) is 0 Å². The predicted molar refractivity (Wildman–Crippen MR) is 122 cm³/mol. The zero-order valence-electron chi connectivity index (χ0n) is 18.4. The van der Waals surface area contributed by atoms with E-state index >= 15 is 0 Å². The van der Waals surface area contributed by atoms with Crippen LogP contribution in [0.1, 0.15) is 24.0 Å². The Balaban J connectivity index is 1.46. The molecule has 1 heterocycles. The predicted octanol–water partition coefficient (Wildman–Crippen LogP) is 3.64. The summed E-state index contributed by atoms with van der Waals surface area (Å²) in [7, 11) is 1.65. The van der Waals surface area contributed by atoms with E-state index in [0.717, 1.165) is 22.5 Å². The topological polar surface area (TPSA) is 81.8 Å². The third kappa shape index (κ3) is 5.84. The molecule has 0 aliphatic carbocycles. The molecule has 2 aromatic rings. The maximum Gasteiger partial charge on any atom is 0.321 e. The molecule has 164 valence electrons. The minimum atomic E-state index is -0.218. The van der Waals surface area contributed by atoms with Gasteiger partial charge < -0.3 is 20.4 Å². The van der Waals surface area contributed by atoms with Crippen molar-refractivity contribution >= 4 is 29.2 Å². The summed E-state index contributed by atoms with van der Waals surface area (Å²) in [4.78, 5) is 40.8. The zero-order valence-corrected chi connectivity index (χ0v) is 18.4. The number of anilines is 2. The lowest BCUT2D eigenvalue weighted by atomic mass is 9.95. The first-order valence-electron chi connectivity index (χ1n) is 10.6. The van der Waals surface area contributed by atoms with E-state index in [1.807, 2.05) is 62.4 Å². The Morgan fingerprint density at radius 3 is 2.32 bits per heavy atom. The molecule has 1 fully saturated rings. The number of amides is 4. The van der Waals surface area contributed by atoms with Gasteiger partial charge in [-0.3, -0.25) is 9.59 Å². The molecule has 0 spiro atoms. The average Bonchev–Trinajstić information content (AvgIpc) is 2.77. The zero-order chi connectivity index (χ0) is 22.4. The molecule has 31 heavy (non-hydrogen) atoms. The van der Waals surface area contributed by atoms with Gasteiger partial charge in [-0.2, -0.15) is 0 Å². The summed E-state index contributed by atoms with van der Waals surface area (Å²) in [6.45, 7) is 4.98. The van der Waals surface area contributed by atoms with Crippen LogP contribution in [0.15, 0.2) is 48.5 Å². The van der Waals surface area contributed by atoms with Crippen molar-refractivity contribution in [3.63, 3.8) is 0 Å². The Morgan fingerprint density at radius 1 is 0.968 bits per heavy atom. The van der Waals surface area contributed by atoms with E-state index in [0.29, 0.717) is 25.9 Å². The normalized spacial score (nSPS) is 14.1. The van der Waals surface area contributed by atoms with Gasteiger partial charge in [-0.05, 0) is 56.0 Å². The number of benzene rings is 2. The van der Waals surface area contributed by atoms with Gasteiger partial charge in [0.25, 0.3) is 0 Å². The summed E-state index contributed by atoms with van der Waals surface area (Å²) in [5.41, 5.74) is 3.64. The van der Waals surface area contributed by atoms with E-state index in [9.17, 15) is 14.4 Å². The largest absolute Gasteiger partial charge is 0.336 e. The Labute approximate surface area is 183 Å². The Morgan fingerprint density at radius 2 is 1.65 bits per heavy atom. The molecule has 7 nitrogen and oxygen atoms in total. The van der Waals surface area contributed by atoms with Crippen LogP contribution in [0.2, 0.25) is 0 Å². The van der Waals surface area contributed by atoms with Gasteiger partial charge >= 0.3 is 6.03 Å². The summed E-state index contributed by atoms with van der Waals surface area (Å²) < 4.78 is 0.